The van der Waals surface area contributed by atoms with Gasteiger partial charge in [-0.25, -0.2) is 4.98 Å². The second-order valence-corrected chi connectivity index (χ2v) is 18.9. The van der Waals surface area contributed by atoms with Crippen LogP contribution >= 0.6 is 0 Å². The third-order valence-electron chi connectivity index (χ3n) is 15.0. The average Bonchev–Trinajstić information content (AvgIpc) is 3.33. The number of hydrogen-bond donors (Lipinski definition) is 5. The second-order valence-electron chi connectivity index (χ2n) is 18.9. The number of aromatic hydroxyl groups is 1. The first-order chi connectivity index (χ1) is 30.1. The van der Waals surface area contributed by atoms with E-state index in [1.54, 1.807) is 18.3 Å². The number of rotatable bonds is 14. The lowest BCUT2D eigenvalue weighted by Gasteiger charge is -2.54. The minimum Gasteiger partial charge on any atom is -0.504 e. The Kier molecular flexibility index (Phi) is 14.0. The van der Waals surface area contributed by atoms with Crippen molar-refractivity contribution in [2.24, 2.45) is 17.8 Å². The molecular weight excluding hydrogens is 775 g/mol. The van der Waals surface area contributed by atoms with Crippen molar-refractivity contribution in [3.05, 3.63) is 95.2 Å². The van der Waals surface area contributed by atoms with Gasteiger partial charge in [-0.3, -0.25) is 9.59 Å². The van der Waals surface area contributed by atoms with Crippen molar-refractivity contribution in [3.8, 4) is 23.3 Å². The van der Waals surface area contributed by atoms with E-state index in [1.165, 1.54) is 45.6 Å². The fourth-order valence-electron chi connectivity index (χ4n) is 11.6. The molecule has 1 spiro atoms. The Labute approximate surface area is 367 Å². The van der Waals surface area contributed by atoms with Crippen molar-refractivity contribution in [1.82, 2.24) is 10.3 Å². The molecule has 8 atom stereocenters. The summed E-state index contributed by atoms with van der Waals surface area (Å²) in [5.74, 6) is 7.54. The molecule has 3 aliphatic carbocycles. The number of pyridine rings is 1. The summed E-state index contributed by atoms with van der Waals surface area (Å²) in [6.07, 6.45) is 15.2. The Bertz CT molecular complexity index is 2270. The molecule has 62 heavy (non-hydrogen) atoms. The van der Waals surface area contributed by atoms with Crippen LogP contribution in [0.3, 0.4) is 0 Å². The molecule has 8 rings (SSSR count). The summed E-state index contributed by atoms with van der Waals surface area (Å²) in [4.78, 5) is 30.5. The predicted octanol–water partition coefficient (Wildman–Crippen LogP) is 9.08. The number of Topliss-reactive ketones (excluding diaryl/α,β-unsaturated/α-hetero) is 2. The van der Waals surface area contributed by atoms with E-state index >= 15 is 0 Å². The minimum absolute atomic E-state index is 0.00284. The van der Waals surface area contributed by atoms with E-state index in [0.29, 0.717) is 80.2 Å². The molecule has 2 saturated carbocycles. The highest BCUT2D eigenvalue weighted by Crippen LogP contribution is 2.47. The molecule has 9 heteroatoms. The lowest BCUT2D eigenvalue weighted by atomic mass is 9.62. The van der Waals surface area contributed by atoms with Gasteiger partial charge in [-0.1, -0.05) is 86.4 Å². The van der Waals surface area contributed by atoms with Crippen LogP contribution in [-0.4, -0.2) is 62.8 Å². The van der Waals surface area contributed by atoms with E-state index in [-0.39, 0.29) is 29.4 Å². The molecular formula is C53H65N3O6. The van der Waals surface area contributed by atoms with E-state index in [9.17, 15) is 24.9 Å². The maximum Gasteiger partial charge on any atom is 0.160 e. The number of nitrogens with two attached hydrogens (primary N) is 1. The van der Waals surface area contributed by atoms with E-state index in [4.69, 9.17) is 10.5 Å². The summed E-state index contributed by atoms with van der Waals surface area (Å²) in [7, 11) is 1.51. The molecule has 1 aromatic heterocycles. The maximum absolute atomic E-state index is 13.9. The Hall–Kier alpha value is -4.75. The number of methoxy groups -OCH3 is 1. The summed E-state index contributed by atoms with van der Waals surface area (Å²) >= 11 is 0. The number of phenols is 1. The van der Waals surface area contributed by atoms with Crippen molar-refractivity contribution in [3.63, 3.8) is 0 Å². The van der Waals surface area contributed by atoms with Crippen LogP contribution in [0, 0.1) is 29.6 Å². The Balaban J connectivity index is 0.964. The molecule has 1 aliphatic heterocycles. The zero-order valence-corrected chi connectivity index (χ0v) is 36.4. The number of anilines is 1. The van der Waals surface area contributed by atoms with E-state index in [1.807, 2.05) is 24.3 Å². The fraction of sp³-hybridized carbons (Fsp3) is 0.528. The van der Waals surface area contributed by atoms with Crippen LogP contribution in [0.4, 0.5) is 5.82 Å². The number of unbranched alkanes of at least 4 members (excludes halogenated alkanes) is 1. The molecule has 0 amide bonds. The highest BCUT2D eigenvalue weighted by molar-refractivity contribution is 5.85. The van der Waals surface area contributed by atoms with E-state index in [0.717, 1.165) is 58.7 Å². The van der Waals surface area contributed by atoms with Crippen LogP contribution in [0.25, 0.3) is 10.8 Å². The molecule has 3 aromatic carbocycles. The summed E-state index contributed by atoms with van der Waals surface area (Å²) in [6.45, 7) is 0. The molecule has 9 nitrogen and oxygen atoms in total. The Morgan fingerprint density at radius 2 is 1.71 bits per heavy atom. The minimum atomic E-state index is -0.886. The molecule has 4 aliphatic rings. The van der Waals surface area contributed by atoms with Gasteiger partial charge in [0.1, 0.15) is 17.5 Å². The van der Waals surface area contributed by atoms with Gasteiger partial charge in [-0.2, -0.15) is 0 Å². The number of carbonyl (C=O) groups is 2. The van der Waals surface area contributed by atoms with Crippen molar-refractivity contribution in [1.29, 1.82) is 0 Å². The monoisotopic (exact) mass is 839 g/mol. The van der Waals surface area contributed by atoms with Crippen LogP contribution in [0.5, 0.6) is 11.5 Å². The van der Waals surface area contributed by atoms with Gasteiger partial charge in [0.15, 0.2) is 17.3 Å². The molecule has 2 heterocycles. The van der Waals surface area contributed by atoms with Gasteiger partial charge >= 0.3 is 0 Å². The number of aromatic nitrogens is 1. The number of aryl methyl sites for hydroxylation is 1. The van der Waals surface area contributed by atoms with Crippen LogP contribution in [0.1, 0.15) is 143 Å². The summed E-state index contributed by atoms with van der Waals surface area (Å²) in [5.41, 5.74) is 10.0. The number of aliphatic hydroxyl groups is 2. The highest BCUT2D eigenvalue weighted by Gasteiger charge is 2.48. The number of piperidine rings is 1. The third-order valence-corrected chi connectivity index (χ3v) is 15.0. The Morgan fingerprint density at radius 1 is 0.903 bits per heavy atom. The van der Waals surface area contributed by atoms with Gasteiger partial charge in [0.25, 0.3) is 0 Å². The largest absolute Gasteiger partial charge is 0.504 e. The molecule has 3 fully saturated rings. The van der Waals surface area contributed by atoms with Gasteiger partial charge in [-0.05, 0) is 133 Å². The summed E-state index contributed by atoms with van der Waals surface area (Å²) < 4.78 is 5.48. The number of aliphatic hydroxyl groups excluding tert-OH is 2. The lowest BCUT2D eigenvalue weighted by molar-refractivity contribution is -0.124. The van der Waals surface area contributed by atoms with Crippen molar-refractivity contribution < 1.29 is 29.6 Å². The number of nitrogen functional groups attached to an aromatic ring is 1. The number of fused-ring (bicyclic) bond motifs is 3. The molecule has 4 aromatic rings. The Morgan fingerprint density at radius 3 is 2.52 bits per heavy atom. The summed E-state index contributed by atoms with van der Waals surface area (Å²) in [6, 6.07) is 22.3. The molecule has 6 N–H and O–H groups in total. The number of hydrogen-bond acceptors (Lipinski definition) is 9. The molecule has 328 valence electrons. The number of phenolic OH excluding ortho intramolecular Hbond substituents is 1. The second kappa shape index (κ2) is 19.7. The first-order valence-corrected chi connectivity index (χ1v) is 23.4. The van der Waals surface area contributed by atoms with E-state index < -0.39 is 24.0 Å². The van der Waals surface area contributed by atoms with Gasteiger partial charge in [0, 0.05) is 48.9 Å². The normalized spacial score (nSPS) is 25.0. The number of benzene rings is 3. The molecule has 0 radical (unpaired) electrons. The van der Waals surface area contributed by atoms with Gasteiger partial charge < -0.3 is 31.1 Å². The SMILES string of the molecule is COc1cc2c(cc1O)[C@H](CC[C@H](O)C[C@H](c1ccnc(N)c1)c1ccc3ccccc3c1)C#C[C@H]([C@H](O)CCCC[C@@H]1C[C@@H]3CCC(=O)C[C@H]3NC13CCCCC3)C(=O)CC2. The van der Waals surface area contributed by atoms with Crippen LogP contribution in [-0.2, 0) is 16.0 Å². The number of nitrogens with one attached hydrogen (secondary N) is 1. The average molecular weight is 840 g/mol. The van der Waals surface area contributed by atoms with Gasteiger partial charge in [0.05, 0.1) is 19.3 Å². The number of carbonyl (C=O) groups excluding carboxylic acids is 2. The highest BCUT2D eigenvalue weighted by atomic mass is 16.5. The lowest BCUT2D eigenvalue weighted by Crippen LogP contribution is -2.63. The smallest absolute Gasteiger partial charge is 0.160 e. The van der Waals surface area contributed by atoms with Crippen molar-refractivity contribution in [2.45, 2.75) is 151 Å². The standard InChI is InChI=1S/C53H65N3O6/c1-62-51-29-38-18-22-49(60)44(48(59)12-6-5-11-41-28-40-16-20-43(58)32-47(40)56-53(41)24-7-2-8-25-53)21-17-35(46(38)33-50(51)61)15-19-42(57)31-45(39-23-26-55-52(54)30-39)37-14-13-34-9-3-4-10-36(34)27-37/h3-4,9-10,13-14,23,26-27,29-30,33,35,40-42,44-45,47-48,56-57,59,61H,2,5-8,11-12,15-16,18-20,22,24-25,28,31-32H2,1H3,(H2,54,55)/t35-,40+,41-,42+,44-,45+,47-,48-/m1/s1. The number of ketones is 2. The van der Waals surface area contributed by atoms with Gasteiger partial charge in [-0.15, -0.1) is 0 Å². The molecule has 0 bridgehead atoms. The van der Waals surface area contributed by atoms with Crippen LogP contribution < -0.4 is 15.8 Å². The van der Waals surface area contributed by atoms with Gasteiger partial charge in [0.2, 0.25) is 0 Å². The third kappa shape index (κ3) is 10.0. The summed E-state index contributed by atoms with van der Waals surface area (Å²) in [5, 5.41) is 40.8. The predicted molar refractivity (Wildman–Crippen MR) is 244 cm³/mol. The number of ether oxygens (including phenoxy) is 1. The zero-order valence-electron chi connectivity index (χ0n) is 36.4. The zero-order chi connectivity index (χ0) is 43.2. The molecule has 0 unspecified atom stereocenters. The molecule has 1 saturated heterocycles. The number of nitrogens with zero attached hydrogens (tertiary/aromatic N) is 1. The first kappa shape index (κ1) is 43.9. The fourth-order valence-corrected chi connectivity index (χ4v) is 11.6. The van der Waals surface area contributed by atoms with Crippen molar-refractivity contribution in [2.75, 3.05) is 12.8 Å². The van der Waals surface area contributed by atoms with E-state index in [2.05, 4.69) is 52.5 Å². The van der Waals surface area contributed by atoms with Crippen LogP contribution in [0.2, 0.25) is 0 Å². The van der Waals surface area contributed by atoms with Crippen LogP contribution in [0.15, 0.2) is 72.9 Å². The first-order valence-electron chi connectivity index (χ1n) is 23.4. The van der Waals surface area contributed by atoms with Crippen molar-refractivity contribution >= 4 is 28.2 Å². The maximum atomic E-state index is 13.9. The quantitative estimate of drug-likeness (QED) is 0.0618. The topological polar surface area (TPSA) is 155 Å².